The molecule has 0 aliphatic carbocycles. The number of piperazine rings is 1. The van der Waals surface area contributed by atoms with Crippen molar-refractivity contribution in [1.82, 2.24) is 20.4 Å². The zero-order chi connectivity index (χ0) is 19.8. The van der Waals surface area contributed by atoms with Crippen molar-refractivity contribution in [3.05, 3.63) is 35.4 Å². The molecule has 0 amide bonds. The Morgan fingerprint density at radius 3 is 2.43 bits per heavy atom. The number of halogens is 1. The van der Waals surface area contributed by atoms with Gasteiger partial charge in [0.15, 0.2) is 5.96 Å². The highest BCUT2D eigenvalue weighted by atomic mass is 127. The topological polar surface area (TPSA) is 42.9 Å². The zero-order valence-electron chi connectivity index (χ0n) is 18.5. The Balaban J connectivity index is 0.00000392. The summed E-state index contributed by atoms with van der Waals surface area (Å²) in [5.74, 6) is 1.59. The lowest BCUT2D eigenvalue weighted by atomic mass is 10.00. The van der Waals surface area contributed by atoms with Gasteiger partial charge in [0.1, 0.15) is 0 Å². The molecule has 0 saturated carbocycles. The van der Waals surface area contributed by atoms with Crippen LogP contribution in [0.5, 0.6) is 0 Å². The van der Waals surface area contributed by atoms with E-state index in [-0.39, 0.29) is 30.0 Å². The van der Waals surface area contributed by atoms with Gasteiger partial charge in [0.2, 0.25) is 0 Å². The third-order valence-electron chi connectivity index (χ3n) is 5.26. The largest absolute Gasteiger partial charge is 0.357 e. The van der Waals surface area contributed by atoms with Crippen LogP contribution in [-0.2, 0) is 6.42 Å². The second kappa shape index (κ2) is 12.6. The second-order valence-electron chi connectivity index (χ2n) is 8.32. The normalized spacial score (nSPS) is 20.0. The van der Waals surface area contributed by atoms with Gasteiger partial charge in [-0.25, -0.2) is 0 Å². The summed E-state index contributed by atoms with van der Waals surface area (Å²) in [5.41, 5.74) is 2.70. The maximum Gasteiger partial charge on any atom is 0.191 e. The molecule has 2 rings (SSSR count). The molecule has 28 heavy (non-hydrogen) atoms. The lowest BCUT2D eigenvalue weighted by molar-refractivity contribution is 0.119. The lowest BCUT2D eigenvalue weighted by Crippen LogP contribution is -2.51. The van der Waals surface area contributed by atoms with Crippen LogP contribution in [-0.4, -0.2) is 68.6 Å². The quantitative estimate of drug-likeness (QED) is 0.342. The fourth-order valence-corrected chi connectivity index (χ4v) is 3.52. The maximum absolute atomic E-state index is 4.87. The minimum Gasteiger partial charge on any atom is -0.357 e. The molecule has 6 heteroatoms. The monoisotopic (exact) mass is 501 g/mol. The van der Waals surface area contributed by atoms with Gasteiger partial charge in [-0.3, -0.25) is 9.89 Å². The number of aliphatic imine (C=N–C) groups is 1. The van der Waals surface area contributed by atoms with E-state index in [0.717, 1.165) is 45.1 Å². The molecule has 0 spiro atoms. The Bertz CT molecular complexity index is 587. The maximum atomic E-state index is 4.87. The van der Waals surface area contributed by atoms with Crippen molar-refractivity contribution in [1.29, 1.82) is 0 Å². The van der Waals surface area contributed by atoms with E-state index in [1.165, 1.54) is 11.1 Å². The summed E-state index contributed by atoms with van der Waals surface area (Å²) in [5, 5.41) is 6.96. The van der Waals surface area contributed by atoms with Crippen LogP contribution in [0, 0.1) is 5.92 Å². The first kappa shape index (κ1) is 25.2. The van der Waals surface area contributed by atoms with Gasteiger partial charge in [0, 0.05) is 32.2 Å². The van der Waals surface area contributed by atoms with Gasteiger partial charge in [-0.05, 0) is 51.4 Å². The van der Waals surface area contributed by atoms with Crippen molar-refractivity contribution < 1.29 is 0 Å². The summed E-state index contributed by atoms with van der Waals surface area (Å²) in [6.07, 6.45) is 1.13. The number of benzene rings is 1. The van der Waals surface area contributed by atoms with E-state index in [9.17, 15) is 0 Å². The molecule has 1 aliphatic rings. The van der Waals surface area contributed by atoms with Crippen molar-refractivity contribution in [3.63, 3.8) is 0 Å². The third-order valence-corrected chi connectivity index (χ3v) is 5.26. The average Bonchev–Trinajstić information content (AvgIpc) is 2.62. The fourth-order valence-electron chi connectivity index (χ4n) is 3.52. The van der Waals surface area contributed by atoms with Crippen molar-refractivity contribution in [3.8, 4) is 0 Å². The van der Waals surface area contributed by atoms with Crippen LogP contribution in [0.2, 0.25) is 0 Å². The van der Waals surface area contributed by atoms with Crippen molar-refractivity contribution in [2.75, 3.05) is 46.8 Å². The molecule has 1 aromatic carbocycles. The van der Waals surface area contributed by atoms with E-state index in [1.54, 1.807) is 0 Å². The smallest absolute Gasteiger partial charge is 0.191 e. The van der Waals surface area contributed by atoms with E-state index < -0.39 is 0 Å². The van der Waals surface area contributed by atoms with Crippen molar-refractivity contribution in [2.24, 2.45) is 10.9 Å². The molecule has 2 unspecified atom stereocenters. The van der Waals surface area contributed by atoms with Gasteiger partial charge in [-0.1, -0.05) is 38.1 Å². The van der Waals surface area contributed by atoms with Crippen LogP contribution in [0.4, 0.5) is 0 Å². The van der Waals surface area contributed by atoms with E-state index in [1.807, 2.05) is 0 Å². The Hall–Kier alpha value is -0.860. The standard InChI is InChI=1S/C22H39N5.HI/c1-7-23-22(24-15-21-16-26(5)12-13-27(21)6)25-18(4)20-10-8-19(9-11-20)14-17(2)3;/h8-11,17-18,21H,7,12-16H2,1-6H3,(H2,23,24,25);1H. The molecule has 160 valence electrons. The van der Waals surface area contributed by atoms with Gasteiger partial charge in [-0.2, -0.15) is 0 Å². The van der Waals surface area contributed by atoms with Gasteiger partial charge >= 0.3 is 0 Å². The molecule has 2 atom stereocenters. The number of nitrogens with one attached hydrogen (secondary N) is 2. The number of rotatable bonds is 7. The Morgan fingerprint density at radius 1 is 1.14 bits per heavy atom. The van der Waals surface area contributed by atoms with Gasteiger partial charge < -0.3 is 15.5 Å². The van der Waals surface area contributed by atoms with E-state index >= 15 is 0 Å². The molecule has 0 radical (unpaired) electrons. The first-order valence-electron chi connectivity index (χ1n) is 10.4. The molecule has 2 N–H and O–H groups in total. The third kappa shape index (κ3) is 8.25. The first-order valence-corrected chi connectivity index (χ1v) is 10.4. The van der Waals surface area contributed by atoms with Crippen LogP contribution in [0.3, 0.4) is 0 Å². The van der Waals surface area contributed by atoms with Crippen LogP contribution >= 0.6 is 24.0 Å². The molecule has 1 aromatic rings. The number of likely N-dealkylation sites (N-methyl/N-ethyl adjacent to an activating group) is 2. The van der Waals surface area contributed by atoms with Gasteiger partial charge in [0.25, 0.3) is 0 Å². The van der Waals surface area contributed by atoms with E-state index in [4.69, 9.17) is 4.99 Å². The second-order valence-corrected chi connectivity index (χ2v) is 8.32. The minimum atomic E-state index is 0. The summed E-state index contributed by atoms with van der Waals surface area (Å²) >= 11 is 0. The molecule has 1 aliphatic heterocycles. The summed E-state index contributed by atoms with van der Waals surface area (Å²) in [7, 11) is 4.40. The number of nitrogens with zero attached hydrogens (tertiary/aromatic N) is 3. The number of guanidine groups is 1. The molecule has 0 aromatic heterocycles. The average molecular weight is 502 g/mol. The van der Waals surface area contributed by atoms with Gasteiger partial charge in [-0.15, -0.1) is 24.0 Å². The highest BCUT2D eigenvalue weighted by Crippen LogP contribution is 2.15. The molecule has 0 bridgehead atoms. The number of hydrogen-bond acceptors (Lipinski definition) is 3. The highest BCUT2D eigenvalue weighted by molar-refractivity contribution is 14.0. The van der Waals surface area contributed by atoms with Crippen LogP contribution < -0.4 is 10.6 Å². The van der Waals surface area contributed by atoms with E-state index in [2.05, 4.69) is 86.5 Å². The first-order chi connectivity index (χ1) is 12.9. The summed E-state index contributed by atoms with van der Waals surface area (Å²) in [4.78, 5) is 9.68. The molecular weight excluding hydrogens is 461 g/mol. The van der Waals surface area contributed by atoms with E-state index in [0.29, 0.717) is 12.0 Å². The van der Waals surface area contributed by atoms with Crippen molar-refractivity contribution in [2.45, 2.75) is 46.2 Å². The number of hydrogen-bond donors (Lipinski definition) is 2. The summed E-state index contributed by atoms with van der Waals surface area (Å²) < 4.78 is 0. The van der Waals surface area contributed by atoms with Crippen LogP contribution in [0.1, 0.15) is 44.9 Å². The zero-order valence-corrected chi connectivity index (χ0v) is 20.9. The van der Waals surface area contributed by atoms with Crippen molar-refractivity contribution >= 4 is 29.9 Å². The lowest BCUT2D eigenvalue weighted by Gasteiger charge is -2.37. The molecule has 1 saturated heterocycles. The van der Waals surface area contributed by atoms with Crippen LogP contribution in [0.15, 0.2) is 29.3 Å². The fraction of sp³-hybridized carbons (Fsp3) is 0.682. The summed E-state index contributed by atoms with van der Waals surface area (Å²) in [6, 6.07) is 9.69. The van der Waals surface area contributed by atoms with Gasteiger partial charge in [0.05, 0.1) is 12.6 Å². The Morgan fingerprint density at radius 2 is 1.82 bits per heavy atom. The highest BCUT2D eigenvalue weighted by Gasteiger charge is 2.21. The minimum absolute atomic E-state index is 0. The molecular formula is C22H40IN5. The molecule has 1 fully saturated rings. The predicted octanol–water partition coefficient (Wildman–Crippen LogP) is 3.37. The molecule has 5 nitrogen and oxygen atoms in total. The van der Waals surface area contributed by atoms with Crippen LogP contribution in [0.25, 0.3) is 0 Å². The molecule has 1 heterocycles. The Labute approximate surface area is 189 Å². The summed E-state index contributed by atoms with van der Waals surface area (Å²) in [6.45, 7) is 13.8. The Kier molecular flexibility index (Phi) is 11.4. The SMILES string of the molecule is CCNC(=NCC1CN(C)CCN1C)NC(C)c1ccc(CC(C)C)cc1.I. The predicted molar refractivity (Wildman–Crippen MR) is 132 cm³/mol.